The van der Waals surface area contributed by atoms with Gasteiger partial charge in [0, 0.05) is 17.0 Å². The summed E-state index contributed by atoms with van der Waals surface area (Å²) in [5, 5.41) is 10.1. The number of ether oxygens (including phenoxy) is 1. The van der Waals surface area contributed by atoms with E-state index < -0.39 is 7.12 Å². The molecule has 1 rings (SSSR count). The lowest BCUT2D eigenvalue weighted by molar-refractivity contribution is 0.208. The van der Waals surface area contributed by atoms with Crippen molar-refractivity contribution in [2.45, 2.75) is 19.4 Å². The first-order valence-electron chi connectivity index (χ1n) is 5.50. The quantitative estimate of drug-likeness (QED) is 0.443. The monoisotopic (exact) mass is 257 g/mol. The molecule has 0 unspecified atom stereocenters. The van der Waals surface area contributed by atoms with E-state index in [-0.39, 0.29) is 6.10 Å². The van der Waals surface area contributed by atoms with Crippen molar-refractivity contribution in [1.82, 2.24) is 0 Å². The third kappa shape index (κ3) is 4.20. The van der Waals surface area contributed by atoms with Crippen molar-refractivity contribution >= 4 is 18.7 Å². The summed E-state index contributed by atoms with van der Waals surface area (Å²) in [4.78, 5) is 0. The molecule has 4 nitrogen and oxygen atoms in total. The molecule has 0 spiro atoms. The summed E-state index contributed by atoms with van der Waals surface area (Å²) in [5.41, 5.74) is 6.19. The molecule has 1 aliphatic heterocycles. The maximum absolute atomic E-state index is 9.75. The maximum Gasteiger partial charge on any atom is 0.491 e. The SMILES string of the molecule is C=C(Cl)/C=C\C(OCC)=C1/C[C@@H](CN)OB1O. The van der Waals surface area contributed by atoms with Crippen molar-refractivity contribution in [2.75, 3.05) is 13.2 Å². The van der Waals surface area contributed by atoms with Crippen LogP contribution >= 0.6 is 11.6 Å². The minimum absolute atomic E-state index is 0.164. The zero-order valence-corrected chi connectivity index (χ0v) is 10.6. The first-order valence-corrected chi connectivity index (χ1v) is 5.88. The second-order valence-corrected chi connectivity index (χ2v) is 4.14. The van der Waals surface area contributed by atoms with Gasteiger partial charge in [0.1, 0.15) is 5.76 Å². The van der Waals surface area contributed by atoms with E-state index in [2.05, 4.69) is 6.58 Å². The Hall–Kier alpha value is -0.745. The second kappa shape index (κ2) is 6.86. The molecule has 0 saturated carbocycles. The summed E-state index contributed by atoms with van der Waals surface area (Å²) < 4.78 is 10.7. The van der Waals surface area contributed by atoms with Crippen molar-refractivity contribution in [3.8, 4) is 0 Å². The Morgan fingerprint density at radius 3 is 2.94 bits per heavy atom. The third-order valence-corrected chi connectivity index (χ3v) is 2.49. The lowest BCUT2D eigenvalue weighted by Gasteiger charge is -2.08. The highest BCUT2D eigenvalue weighted by molar-refractivity contribution is 6.53. The lowest BCUT2D eigenvalue weighted by Crippen LogP contribution is -2.22. The van der Waals surface area contributed by atoms with Gasteiger partial charge >= 0.3 is 7.12 Å². The fourth-order valence-corrected chi connectivity index (χ4v) is 1.65. The number of allylic oxidation sites excluding steroid dienone is 3. The molecule has 1 atom stereocenters. The van der Waals surface area contributed by atoms with Crippen LogP contribution in [0.1, 0.15) is 13.3 Å². The number of nitrogens with two attached hydrogens (primary N) is 1. The summed E-state index contributed by atoms with van der Waals surface area (Å²) in [5.74, 6) is 0.567. The Labute approximate surface area is 107 Å². The van der Waals surface area contributed by atoms with Gasteiger partial charge in [-0.1, -0.05) is 18.2 Å². The van der Waals surface area contributed by atoms with Gasteiger partial charge in [-0.25, -0.2) is 0 Å². The second-order valence-electron chi connectivity index (χ2n) is 3.65. The Morgan fingerprint density at radius 1 is 1.76 bits per heavy atom. The van der Waals surface area contributed by atoms with Crippen LogP contribution in [0, 0.1) is 0 Å². The highest BCUT2D eigenvalue weighted by atomic mass is 35.5. The first-order chi connectivity index (χ1) is 8.08. The minimum atomic E-state index is -0.960. The van der Waals surface area contributed by atoms with E-state index >= 15 is 0 Å². The predicted octanol–water partition coefficient (Wildman–Crippen LogP) is 1.35. The molecule has 1 fully saturated rings. The van der Waals surface area contributed by atoms with Crippen molar-refractivity contribution in [3.63, 3.8) is 0 Å². The van der Waals surface area contributed by atoms with Gasteiger partial charge < -0.3 is 20.1 Å². The zero-order chi connectivity index (χ0) is 12.8. The highest BCUT2D eigenvalue weighted by Gasteiger charge is 2.35. The van der Waals surface area contributed by atoms with Crippen molar-refractivity contribution < 1.29 is 14.4 Å². The van der Waals surface area contributed by atoms with Gasteiger partial charge in [0.05, 0.1) is 12.7 Å². The molecule has 0 aromatic carbocycles. The van der Waals surface area contributed by atoms with Crippen molar-refractivity contribution in [1.29, 1.82) is 0 Å². The van der Waals surface area contributed by atoms with Crippen LogP contribution in [0.5, 0.6) is 0 Å². The molecule has 0 aromatic rings. The van der Waals surface area contributed by atoms with Crippen LogP contribution in [-0.2, 0) is 9.39 Å². The van der Waals surface area contributed by atoms with Crippen LogP contribution in [-0.4, -0.2) is 31.4 Å². The van der Waals surface area contributed by atoms with E-state index in [1.165, 1.54) is 0 Å². The van der Waals surface area contributed by atoms with Crippen LogP contribution in [0.2, 0.25) is 0 Å². The minimum Gasteiger partial charge on any atom is -0.495 e. The van der Waals surface area contributed by atoms with E-state index in [4.69, 9.17) is 26.7 Å². The van der Waals surface area contributed by atoms with Gasteiger partial charge in [0.2, 0.25) is 0 Å². The average Bonchev–Trinajstić information content (AvgIpc) is 2.65. The van der Waals surface area contributed by atoms with Gasteiger partial charge in [0.25, 0.3) is 0 Å². The van der Waals surface area contributed by atoms with Gasteiger partial charge in [-0.2, -0.15) is 0 Å². The van der Waals surface area contributed by atoms with E-state index in [1.54, 1.807) is 12.2 Å². The highest BCUT2D eigenvalue weighted by Crippen LogP contribution is 2.25. The fraction of sp³-hybridized carbons (Fsp3) is 0.455. The van der Waals surface area contributed by atoms with E-state index in [9.17, 15) is 5.02 Å². The molecule has 0 amide bonds. The molecular formula is C11H17BClNO3. The number of hydrogen-bond acceptors (Lipinski definition) is 4. The summed E-state index contributed by atoms with van der Waals surface area (Å²) in [6, 6.07) is 0. The van der Waals surface area contributed by atoms with Crippen LogP contribution < -0.4 is 5.73 Å². The molecule has 0 bridgehead atoms. The number of hydrogen-bond donors (Lipinski definition) is 2. The Morgan fingerprint density at radius 2 is 2.47 bits per heavy atom. The van der Waals surface area contributed by atoms with Crippen LogP contribution in [0.15, 0.2) is 35.0 Å². The topological polar surface area (TPSA) is 64.7 Å². The standard InChI is InChI=1S/C11H17BClNO3/c1-3-16-11(5-4-8(2)13)10-6-9(7-14)17-12(10)15/h4-5,9,15H,2-3,6-7,14H2,1H3/b5-4-,11-10-/t9-/m0/s1. The third-order valence-electron chi connectivity index (χ3n) is 2.36. The molecule has 3 N–H and O–H groups in total. The summed E-state index contributed by atoms with van der Waals surface area (Å²) in [6.07, 6.45) is 3.69. The Kier molecular flexibility index (Phi) is 5.78. The molecule has 0 radical (unpaired) electrons. The van der Waals surface area contributed by atoms with Gasteiger partial charge in [-0.05, 0) is 25.5 Å². The normalized spacial score (nSPS) is 23.3. The molecular weight excluding hydrogens is 240 g/mol. The summed E-state index contributed by atoms with van der Waals surface area (Å²) in [7, 11) is -0.960. The molecule has 1 aliphatic rings. The largest absolute Gasteiger partial charge is 0.495 e. The van der Waals surface area contributed by atoms with E-state index in [1.807, 2.05) is 6.92 Å². The molecule has 94 valence electrons. The van der Waals surface area contributed by atoms with Gasteiger partial charge in [-0.3, -0.25) is 0 Å². The number of halogens is 1. The van der Waals surface area contributed by atoms with Crippen LogP contribution in [0.25, 0.3) is 0 Å². The average molecular weight is 258 g/mol. The van der Waals surface area contributed by atoms with Crippen molar-refractivity contribution in [2.24, 2.45) is 5.73 Å². The van der Waals surface area contributed by atoms with E-state index in [0.717, 1.165) is 0 Å². The number of rotatable bonds is 5. The summed E-state index contributed by atoms with van der Waals surface area (Å²) in [6.45, 7) is 6.28. The summed E-state index contributed by atoms with van der Waals surface area (Å²) >= 11 is 5.65. The van der Waals surface area contributed by atoms with Crippen LogP contribution in [0.4, 0.5) is 0 Å². The first kappa shape index (κ1) is 14.3. The Balaban J connectivity index is 2.90. The lowest BCUT2D eigenvalue weighted by atomic mass is 9.78. The molecule has 17 heavy (non-hydrogen) atoms. The fourth-order valence-electron chi connectivity index (χ4n) is 1.59. The molecule has 1 heterocycles. The molecule has 0 aromatic heterocycles. The van der Waals surface area contributed by atoms with Crippen molar-refractivity contribution in [3.05, 3.63) is 35.0 Å². The molecule has 1 saturated heterocycles. The van der Waals surface area contributed by atoms with Gasteiger partial charge in [0.15, 0.2) is 0 Å². The smallest absolute Gasteiger partial charge is 0.491 e. The molecule has 6 heteroatoms. The Bertz CT molecular complexity index is 344. The zero-order valence-electron chi connectivity index (χ0n) is 9.86. The predicted molar refractivity (Wildman–Crippen MR) is 69.3 cm³/mol. The van der Waals surface area contributed by atoms with Gasteiger partial charge in [-0.15, -0.1) is 0 Å². The molecule has 0 aliphatic carbocycles. The van der Waals surface area contributed by atoms with E-state index in [0.29, 0.717) is 35.8 Å². The maximum atomic E-state index is 9.75. The van der Waals surface area contributed by atoms with Crippen LogP contribution in [0.3, 0.4) is 0 Å².